The molecule has 1 aliphatic rings. The Morgan fingerprint density at radius 3 is 2.48 bits per heavy atom. The summed E-state index contributed by atoms with van der Waals surface area (Å²) in [5, 5.41) is 0. The van der Waals surface area contributed by atoms with E-state index in [0.29, 0.717) is 40.6 Å². The number of fused-ring (bicyclic) bond motifs is 2. The van der Waals surface area contributed by atoms with Crippen LogP contribution in [-0.4, -0.2) is 36.8 Å². The maximum atomic E-state index is 12.7. The fraction of sp³-hybridized carbons (Fsp3) is 0.190. The molecule has 0 radical (unpaired) electrons. The van der Waals surface area contributed by atoms with Gasteiger partial charge in [-0.15, -0.1) is 6.42 Å². The lowest BCUT2D eigenvalue weighted by Crippen LogP contribution is -2.17. The molecule has 0 saturated heterocycles. The number of terminal acetylenes is 1. The van der Waals surface area contributed by atoms with E-state index in [0.717, 1.165) is 10.2 Å². The summed E-state index contributed by atoms with van der Waals surface area (Å²) in [6.07, 6.45) is 5.53. The van der Waals surface area contributed by atoms with Crippen molar-refractivity contribution in [3.63, 3.8) is 0 Å². The molecular weight excluding hydrogens is 392 g/mol. The highest BCUT2D eigenvalue weighted by molar-refractivity contribution is 7.16. The monoisotopic (exact) mass is 408 g/mol. The molecule has 0 spiro atoms. The molecule has 0 unspecified atom stereocenters. The number of amides is 1. The second-order valence-corrected chi connectivity index (χ2v) is 7.13. The molecule has 0 atom stereocenters. The topological polar surface area (TPSA) is 79.1 Å². The first-order valence-electron chi connectivity index (χ1n) is 8.74. The van der Waals surface area contributed by atoms with E-state index < -0.39 is 11.9 Å². The zero-order valence-electron chi connectivity index (χ0n) is 15.5. The fourth-order valence-corrected chi connectivity index (χ4v) is 3.99. The van der Waals surface area contributed by atoms with Crippen molar-refractivity contribution in [3.8, 4) is 23.8 Å². The number of carbonyl (C=O) groups is 2. The molecular formula is C21H16N2O5S. The normalized spacial score (nSPS) is 13.2. The van der Waals surface area contributed by atoms with Crippen LogP contribution in [0.1, 0.15) is 20.7 Å². The molecule has 0 N–H and O–H groups in total. The second kappa shape index (κ2) is 7.81. The van der Waals surface area contributed by atoms with Crippen LogP contribution in [-0.2, 0) is 11.3 Å². The molecule has 3 aromatic rings. The maximum Gasteiger partial charge on any atom is 0.337 e. The molecule has 0 bridgehead atoms. The van der Waals surface area contributed by atoms with Gasteiger partial charge >= 0.3 is 5.97 Å². The number of rotatable bonds is 3. The Morgan fingerprint density at radius 1 is 1.17 bits per heavy atom. The van der Waals surface area contributed by atoms with Gasteiger partial charge in [0.15, 0.2) is 16.3 Å². The Hall–Kier alpha value is -3.57. The highest BCUT2D eigenvalue weighted by atomic mass is 32.1. The van der Waals surface area contributed by atoms with E-state index in [1.807, 2.05) is 12.1 Å². The number of hydrogen-bond donors (Lipinski definition) is 0. The number of hydrogen-bond acceptors (Lipinski definition) is 6. The van der Waals surface area contributed by atoms with Gasteiger partial charge in [0.2, 0.25) is 0 Å². The maximum absolute atomic E-state index is 12.7. The smallest absolute Gasteiger partial charge is 0.337 e. The zero-order chi connectivity index (χ0) is 20.4. The van der Waals surface area contributed by atoms with Gasteiger partial charge in [0.1, 0.15) is 13.2 Å². The van der Waals surface area contributed by atoms with Gasteiger partial charge in [0.05, 0.1) is 29.4 Å². The molecule has 1 aliphatic heterocycles. The third-order valence-corrected chi connectivity index (χ3v) is 5.39. The van der Waals surface area contributed by atoms with Gasteiger partial charge in [0.25, 0.3) is 5.91 Å². The fourth-order valence-electron chi connectivity index (χ4n) is 2.95. The summed E-state index contributed by atoms with van der Waals surface area (Å²) >= 11 is 1.34. The number of aromatic nitrogens is 1. The predicted octanol–water partition coefficient (Wildman–Crippen LogP) is 2.63. The lowest BCUT2D eigenvalue weighted by atomic mass is 10.1. The van der Waals surface area contributed by atoms with Gasteiger partial charge in [0, 0.05) is 17.7 Å². The summed E-state index contributed by atoms with van der Waals surface area (Å²) < 4.78 is 18.6. The number of carbonyl (C=O) groups excluding carboxylic acids is 2. The van der Waals surface area contributed by atoms with Crippen LogP contribution in [0, 0.1) is 12.3 Å². The van der Waals surface area contributed by atoms with Gasteiger partial charge in [-0.2, -0.15) is 4.99 Å². The van der Waals surface area contributed by atoms with E-state index in [1.54, 1.807) is 4.57 Å². The Morgan fingerprint density at radius 2 is 1.83 bits per heavy atom. The third-order valence-electron chi connectivity index (χ3n) is 4.35. The largest absolute Gasteiger partial charge is 0.486 e. The molecule has 8 heteroatoms. The second-order valence-electron chi connectivity index (χ2n) is 6.12. The minimum atomic E-state index is -0.467. The van der Waals surface area contributed by atoms with Crippen molar-refractivity contribution in [1.29, 1.82) is 0 Å². The van der Waals surface area contributed by atoms with Crippen LogP contribution in [0.15, 0.2) is 41.4 Å². The number of nitrogens with zero attached hydrogens (tertiary/aromatic N) is 2. The van der Waals surface area contributed by atoms with Crippen molar-refractivity contribution in [2.45, 2.75) is 6.54 Å². The zero-order valence-corrected chi connectivity index (χ0v) is 16.3. The first-order valence-corrected chi connectivity index (χ1v) is 9.56. The molecule has 146 valence electrons. The Bertz CT molecular complexity index is 1210. The van der Waals surface area contributed by atoms with Crippen molar-refractivity contribution < 1.29 is 23.8 Å². The molecule has 2 aromatic carbocycles. The van der Waals surface area contributed by atoms with E-state index in [9.17, 15) is 9.59 Å². The molecule has 0 aliphatic carbocycles. The van der Waals surface area contributed by atoms with E-state index >= 15 is 0 Å². The number of esters is 1. The summed E-state index contributed by atoms with van der Waals surface area (Å²) in [7, 11) is 1.30. The molecule has 7 nitrogen and oxygen atoms in total. The summed E-state index contributed by atoms with van der Waals surface area (Å²) in [5.74, 6) is 3.00. The number of benzene rings is 2. The van der Waals surface area contributed by atoms with Crippen molar-refractivity contribution in [3.05, 3.63) is 52.3 Å². The van der Waals surface area contributed by atoms with Gasteiger partial charge in [-0.05, 0) is 24.3 Å². The lowest BCUT2D eigenvalue weighted by molar-refractivity contribution is 0.0600. The minimum Gasteiger partial charge on any atom is -0.486 e. The number of thiazole rings is 1. The van der Waals surface area contributed by atoms with Gasteiger partial charge in [-0.3, -0.25) is 4.79 Å². The average Bonchev–Trinajstić information content (AvgIpc) is 3.07. The quantitative estimate of drug-likeness (QED) is 0.492. The van der Waals surface area contributed by atoms with Crippen LogP contribution >= 0.6 is 11.3 Å². The summed E-state index contributed by atoms with van der Waals surface area (Å²) in [4.78, 5) is 28.9. The van der Waals surface area contributed by atoms with Crippen molar-refractivity contribution in [1.82, 2.24) is 4.57 Å². The summed E-state index contributed by atoms with van der Waals surface area (Å²) in [5.41, 5.74) is 1.54. The van der Waals surface area contributed by atoms with Crippen LogP contribution < -0.4 is 14.3 Å². The van der Waals surface area contributed by atoms with Crippen LogP contribution in [0.4, 0.5) is 0 Å². The van der Waals surface area contributed by atoms with Gasteiger partial charge in [-0.1, -0.05) is 17.3 Å². The Kier molecular flexibility index (Phi) is 5.06. The molecule has 1 aromatic heterocycles. The van der Waals surface area contributed by atoms with E-state index in [2.05, 4.69) is 15.6 Å². The van der Waals surface area contributed by atoms with Crippen LogP contribution in [0.25, 0.3) is 10.2 Å². The standard InChI is InChI=1S/C21H16N2O5S/c1-3-8-23-15-11-16-17(28-10-9-27-16)12-18(15)29-21(23)22-19(24)13-4-6-14(7-5-13)20(25)26-2/h1,4-7,11-12H,8-10H2,2H3. The van der Waals surface area contributed by atoms with Crippen LogP contribution in [0.3, 0.4) is 0 Å². The average molecular weight is 408 g/mol. The lowest BCUT2D eigenvalue weighted by Gasteiger charge is -2.18. The minimum absolute atomic E-state index is 0.257. The Balaban J connectivity index is 1.76. The Labute approximate surface area is 170 Å². The molecule has 0 saturated carbocycles. The molecule has 4 rings (SSSR count). The molecule has 1 amide bonds. The van der Waals surface area contributed by atoms with Crippen molar-refractivity contribution >= 4 is 33.4 Å². The third kappa shape index (κ3) is 3.60. The van der Waals surface area contributed by atoms with Gasteiger partial charge < -0.3 is 18.8 Å². The van der Waals surface area contributed by atoms with Crippen LogP contribution in [0.5, 0.6) is 11.5 Å². The first kappa shape index (κ1) is 18.8. The SMILES string of the molecule is C#CCn1c(=NC(=O)c2ccc(C(=O)OC)cc2)sc2cc3c(cc21)OCCO3. The summed E-state index contributed by atoms with van der Waals surface area (Å²) in [6, 6.07) is 9.85. The van der Waals surface area contributed by atoms with Crippen molar-refractivity contribution in [2.75, 3.05) is 20.3 Å². The summed E-state index contributed by atoms with van der Waals surface area (Å²) in [6.45, 7) is 1.23. The van der Waals surface area contributed by atoms with Gasteiger partial charge in [-0.25, -0.2) is 4.79 Å². The molecule has 29 heavy (non-hydrogen) atoms. The van der Waals surface area contributed by atoms with Crippen LogP contribution in [0.2, 0.25) is 0 Å². The van der Waals surface area contributed by atoms with Crippen molar-refractivity contribution in [2.24, 2.45) is 4.99 Å². The van der Waals surface area contributed by atoms with E-state index in [-0.39, 0.29) is 6.54 Å². The number of ether oxygens (including phenoxy) is 3. The van der Waals surface area contributed by atoms with E-state index in [1.165, 1.54) is 42.7 Å². The predicted molar refractivity (Wildman–Crippen MR) is 107 cm³/mol. The number of methoxy groups -OCH3 is 1. The molecule has 2 heterocycles. The highest BCUT2D eigenvalue weighted by Gasteiger charge is 2.17. The molecule has 0 fully saturated rings. The highest BCUT2D eigenvalue weighted by Crippen LogP contribution is 2.35. The van der Waals surface area contributed by atoms with E-state index in [4.69, 9.17) is 15.9 Å². The first-order chi connectivity index (χ1) is 14.1.